The van der Waals surface area contributed by atoms with Crippen LogP contribution in [0.1, 0.15) is 39.6 Å². The van der Waals surface area contributed by atoms with Crippen LogP contribution < -0.4 is 25.4 Å². The Bertz CT molecular complexity index is 1780. The van der Waals surface area contributed by atoms with E-state index >= 15 is 0 Å². The minimum Gasteiger partial charge on any atom is -0.493 e. The van der Waals surface area contributed by atoms with E-state index in [9.17, 15) is 19.2 Å². The zero-order valence-corrected chi connectivity index (χ0v) is 27.2. The molecular formula is C36H35N3O7S. The predicted octanol–water partition coefficient (Wildman–Crippen LogP) is 6.41. The molecule has 0 aliphatic carbocycles. The fourth-order valence-corrected chi connectivity index (χ4v) is 5.56. The molecule has 0 saturated heterocycles. The molecule has 0 aliphatic heterocycles. The van der Waals surface area contributed by atoms with Crippen LogP contribution in [0.15, 0.2) is 108 Å². The maximum atomic E-state index is 13.7. The van der Waals surface area contributed by atoms with Crippen LogP contribution in [0.4, 0.5) is 11.4 Å². The van der Waals surface area contributed by atoms with Crippen LogP contribution in [0, 0.1) is 0 Å². The van der Waals surface area contributed by atoms with Crippen molar-refractivity contribution >= 4 is 52.9 Å². The van der Waals surface area contributed by atoms with E-state index < -0.39 is 23.0 Å². The number of rotatable bonds is 13. The third-order valence-electron chi connectivity index (χ3n) is 6.89. The summed E-state index contributed by atoms with van der Waals surface area (Å²) in [6.07, 6.45) is 2.01. The first-order valence-corrected chi connectivity index (χ1v) is 15.5. The maximum absolute atomic E-state index is 13.7. The van der Waals surface area contributed by atoms with Crippen LogP contribution >= 0.6 is 11.8 Å². The summed E-state index contributed by atoms with van der Waals surface area (Å²) in [7, 11) is 4.28. The monoisotopic (exact) mass is 653 g/mol. The highest BCUT2D eigenvalue weighted by molar-refractivity contribution is 8.00. The van der Waals surface area contributed by atoms with Gasteiger partial charge in [-0.2, -0.15) is 0 Å². The molecule has 0 bridgehead atoms. The molecule has 1 atom stereocenters. The summed E-state index contributed by atoms with van der Waals surface area (Å²) in [5.41, 5.74) is 1.92. The minimum absolute atomic E-state index is 0.0291. The largest absolute Gasteiger partial charge is 0.493 e. The summed E-state index contributed by atoms with van der Waals surface area (Å²) < 4.78 is 15.8. The van der Waals surface area contributed by atoms with Crippen molar-refractivity contribution in [2.24, 2.45) is 0 Å². The zero-order chi connectivity index (χ0) is 33.8. The zero-order valence-electron chi connectivity index (χ0n) is 26.4. The fourth-order valence-electron chi connectivity index (χ4n) is 4.55. The molecule has 4 rings (SSSR count). The van der Waals surface area contributed by atoms with Gasteiger partial charge < -0.3 is 30.2 Å². The molecule has 0 spiro atoms. The number of ether oxygens (including phenoxy) is 3. The molecule has 0 heterocycles. The number of hydrogen-bond acceptors (Lipinski definition) is 8. The first-order valence-electron chi connectivity index (χ1n) is 14.6. The Balaban J connectivity index is 1.56. The number of methoxy groups -OCH3 is 3. The Kier molecular flexibility index (Phi) is 12.2. The standard InChI is InChI=1S/C36H35N3O7S/c1-5-31(35(42)38-28-19-10-9-18-27(28)36(43)46-4)47-26-17-12-16-25(22-26)37-34(41)29(39-33(40)23-13-7-6-8-14-23)21-24-15-11-20-30(44-2)32(24)45-3/h6-22,31H,5H2,1-4H3,(H,37,41)(H,38,42)(H,39,40)/b29-21+. The lowest BCUT2D eigenvalue weighted by Gasteiger charge is -2.17. The number of hydrogen-bond donors (Lipinski definition) is 3. The van der Waals surface area contributed by atoms with Gasteiger partial charge >= 0.3 is 5.97 Å². The average molecular weight is 654 g/mol. The molecule has 1 unspecified atom stereocenters. The van der Waals surface area contributed by atoms with Crippen LogP contribution in [-0.4, -0.2) is 50.3 Å². The molecule has 0 aromatic heterocycles. The normalized spacial score (nSPS) is 11.5. The number of thioether (sulfide) groups is 1. The van der Waals surface area contributed by atoms with Crippen LogP contribution in [0.2, 0.25) is 0 Å². The van der Waals surface area contributed by atoms with Crippen LogP contribution in [-0.2, 0) is 14.3 Å². The maximum Gasteiger partial charge on any atom is 0.339 e. The van der Waals surface area contributed by atoms with Gasteiger partial charge in [0, 0.05) is 21.7 Å². The van der Waals surface area contributed by atoms with E-state index in [1.165, 1.54) is 39.2 Å². The van der Waals surface area contributed by atoms with Gasteiger partial charge in [0.15, 0.2) is 11.5 Å². The number of carbonyl (C=O) groups excluding carboxylic acids is 4. The first-order chi connectivity index (χ1) is 22.8. The van der Waals surface area contributed by atoms with Gasteiger partial charge in [-0.25, -0.2) is 4.79 Å². The number of amides is 3. The van der Waals surface area contributed by atoms with E-state index in [1.54, 1.807) is 91.0 Å². The van der Waals surface area contributed by atoms with E-state index in [0.29, 0.717) is 40.4 Å². The van der Waals surface area contributed by atoms with Gasteiger partial charge in [-0.05, 0) is 61.0 Å². The second-order valence-electron chi connectivity index (χ2n) is 9.98. The molecule has 11 heteroatoms. The third-order valence-corrected chi connectivity index (χ3v) is 8.24. The topological polar surface area (TPSA) is 132 Å². The van der Waals surface area contributed by atoms with Crippen molar-refractivity contribution in [3.8, 4) is 11.5 Å². The molecule has 4 aromatic carbocycles. The SMILES string of the molecule is CCC(Sc1cccc(NC(=O)/C(=C\c2cccc(OC)c2OC)NC(=O)c2ccccc2)c1)C(=O)Nc1ccccc1C(=O)OC. The fraction of sp³-hybridized carbons (Fsp3) is 0.167. The quantitative estimate of drug-likeness (QED) is 0.0857. The van der Waals surface area contributed by atoms with E-state index in [0.717, 1.165) is 4.90 Å². The van der Waals surface area contributed by atoms with E-state index in [1.807, 2.05) is 13.0 Å². The van der Waals surface area contributed by atoms with Gasteiger partial charge in [0.2, 0.25) is 5.91 Å². The van der Waals surface area contributed by atoms with Gasteiger partial charge in [0.05, 0.1) is 37.8 Å². The van der Waals surface area contributed by atoms with Crippen molar-refractivity contribution in [1.82, 2.24) is 5.32 Å². The van der Waals surface area contributed by atoms with Gasteiger partial charge in [-0.15, -0.1) is 11.8 Å². The Morgan fingerprint density at radius 3 is 2.23 bits per heavy atom. The smallest absolute Gasteiger partial charge is 0.339 e. The Morgan fingerprint density at radius 1 is 0.809 bits per heavy atom. The van der Waals surface area contributed by atoms with Gasteiger partial charge in [-0.1, -0.05) is 55.5 Å². The van der Waals surface area contributed by atoms with Crippen molar-refractivity contribution in [3.05, 3.63) is 119 Å². The highest BCUT2D eigenvalue weighted by Crippen LogP contribution is 2.33. The van der Waals surface area contributed by atoms with Crippen molar-refractivity contribution in [3.63, 3.8) is 0 Å². The molecule has 0 aliphatic rings. The Morgan fingerprint density at radius 2 is 1.53 bits per heavy atom. The molecule has 0 saturated carbocycles. The van der Waals surface area contributed by atoms with Gasteiger partial charge in [0.1, 0.15) is 5.70 Å². The van der Waals surface area contributed by atoms with Crippen molar-refractivity contribution in [2.75, 3.05) is 32.0 Å². The van der Waals surface area contributed by atoms with Crippen LogP contribution in [0.3, 0.4) is 0 Å². The molecule has 0 radical (unpaired) electrons. The van der Waals surface area contributed by atoms with Crippen LogP contribution in [0.25, 0.3) is 6.08 Å². The molecule has 10 nitrogen and oxygen atoms in total. The van der Waals surface area contributed by atoms with Crippen molar-refractivity contribution < 1.29 is 33.4 Å². The van der Waals surface area contributed by atoms with Crippen molar-refractivity contribution in [1.29, 1.82) is 0 Å². The number of nitrogens with one attached hydrogen (secondary N) is 3. The second-order valence-corrected chi connectivity index (χ2v) is 11.3. The predicted molar refractivity (Wildman–Crippen MR) is 183 cm³/mol. The second kappa shape index (κ2) is 16.7. The average Bonchev–Trinajstić information content (AvgIpc) is 3.10. The minimum atomic E-state index is -0.578. The molecule has 3 amide bonds. The molecule has 4 aromatic rings. The van der Waals surface area contributed by atoms with E-state index in [-0.39, 0.29) is 17.2 Å². The van der Waals surface area contributed by atoms with Gasteiger partial charge in [0.25, 0.3) is 11.8 Å². The lowest BCUT2D eigenvalue weighted by atomic mass is 10.1. The number of esters is 1. The molecular weight excluding hydrogens is 618 g/mol. The lowest BCUT2D eigenvalue weighted by molar-refractivity contribution is -0.116. The summed E-state index contributed by atoms with van der Waals surface area (Å²) in [5, 5.41) is 7.90. The van der Waals surface area contributed by atoms with E-state index in [4.69, 9.17) is 14.2 Å². The Hall–Kier alpha value is -5.55. The summed E-state index contributed by atoms with van der Waals surface area (Å²) in [6.45, 7) is 1.88. The molecule has 0 fully saturated rings. The van der Waals surface area contributed by atoms with E-state index in [2.05, 4.69) is 16.0 Å². The highest BCUT2D eigenvalue weighted by atomic mass is 32.2. The first kappa shape index (κ1) is 34.3. The number of benzene rings is 4. The summed E-state index contributed by atoms with van der Waals surface area (Å²) in [4.78, 5) is 52.9. The van der Waals surface area contributed by atoms with Crippen molar-refractivity contribution in [2.45, 2.75) is 23.5 Å². The number of para-hydroxylation sites is 2. The Labute approximate surface area is 277 Å². The number of anilines is 2. The highest BCUT2D eigenvalue weighted by Gasteiger charge is 2.22. The third kappa shape index (κ3) is 9.01. The summed E-state index contributed by atoms with van der Waals surface area (Å²) in [5.74, 6) is -1.03. The van der Waals surface area contributed by atoms with Crippen LogP contribution in [0.5, 0.6) is 11.5 Å². The number of carbonyl (C=O) groups is 4. The summed E-state index contributed by atoms with van der Waals surface area (Å²) >= 11 is 1.31. The lowest BCUT2D eigenvalue weighted by Crippen LogP contribution is -2.30. The molecule has 3 N–H and O–H groups in total. The van der Waals surface area contributed by atoms with Gasteiger partial charge in [-0.3, -0.25) is 14.4 Å². The molecule has 47 heavy (non-hydrogen) atoms. The summed E-state index contributed by atoms with van der Waals surface area (Å²) in [6, 6.07) is 27.4. The molecule has 242 valence electrons.